The molecule has 1 aliphatic carbocycles. The van der Waals surface area contributed by atoms with Crippen molar-refractivity contribution in [2.45, 2.75) is 59.0 Å². The van der Waals surface area contributed by atoms with Gasteiger partial charge in [-0.2, -0.15) is 0 Å². The lowest BCUT2D eigenvalue weighted by atomic mass is 9.75. The molecule has 1 fully saturated rings. The molecule has 2 rings (SSSR count). The molecule has 1 aromatic carbocycles. The minimum atomic E-state index is -0.101. The summed E-state index contributed by atoms with van der Waals surface area (Å²) >= 11 is 0. The zero-order chi connectivity index (χ0) is 15.5. The summed E-state index contributed by atoms with van der Waals surface area (Å²) in [6, 6.07) is 5.97. The molecular weight excluding hydrogens is 263 g/mol. The molecule has 0 amide bonds. The van der Waals surface area contributed by atoms with Crippen LogP contribution in [0.3, 0.4) is 0 Å². The Morgan fingerprint density at radius 2 is 1.95 bits per heavy atom. The Morgan fingerprint density at radius 1 is 1.29 bits per heavy atom. The van der Waals surface area contributed by atoms with Gasteiger partial charge < -0.3 is 10.2 Å². The van der Waals surface area contributed by atoms with Crippen LogP contribution in [-0.4, -0.2) is 19.6 Å². The standard InChI is InChI=1S/C18H29FN2/c1-5-20-13-15-16(19)7-6-8-17(15)21(4)14-9-11-18(2,3)12-10-14/h6-8,14,20H,5,9-13H2,1-4H3. The highest BCUT2D eigenvalue weighted by molar-refractivity contribution is 5.54. The van der Waals surface area contributed by atoms with Crippen LogP contribution in [0, 0.1) is 11.2 Å². The molecule has 0 aliphatic heterocycles. The Labute approximate surface area is 128 Å². The van der Waals surface area contributed by atoms with Crippen molar-refractivity contribution in [3.63, 3.8) is 0 Å². The van der Waals surface area contributed by atoms with Gasteiger partial charge in [0.25, 0.3) is 0 Å². The third-order valence-electron chi connectivity index (χ3n) is 4.88. The van der Waals surface area contributed by atoms with Crippen molar-refractivity contribution in [2.24, 2.45) is 5.41 Å². The van der Waals surface area contributed by atoms with E-state index in [0.717, 1.165) is 17.8 Å². The quantitative estimate of drug-likeness (QED) is 0.868. The molecule has 0 saturated heterocycles. The summed E-state index contributed by atoms with van der Waals surface area (Å²) in [5.41, 5.74) is 2.30. The van der Waals surface area contributed by atoms with Gasteiger partial charge in [0.1, 0.15) is 5.82 Å². The van der Waals surface area contributed by atoms with Crippen LogP contribution in [0.25, 0.3) is 0 Å². The first-order valence-electron chi connectivity index (χ1n) is 8.15. The van der Waals surface area contributed by atoms with Crippen LogP contribution < -0.4 is 10.2 Å². The van der Waals surface area contributed by atoms with E-state index in [-0.39, 0.29) is 5.82 Å². The summed E-state index contributed by atoms with van der Waals surface area (Å²) in [4.78, 5) is 2.30. The van der Waals surface area contributed by atoms with Gasteiger partial charge in [-0.05, 0) is 49.8 Å². The molecule has 0 atom stereocenters. The van der Waals surface area contributed by atoms with Gasteiger partial charge in [0.2, 0.25) is 0 Å². The van der Waals surface area contributed by atoms with E-state index < -0.39 is 0 Å². The summed E-state index contributed by atoms with van der Waals surface area (Å²) in [5.74, 6) is -0.101. The largest absolute Gasteiger partial charge is 0.371 e. The van der Waals surface area contributed by atoms with E-state index in [1.807, 2.05) is 13.0 Å². The molecule has 0 bridgehead atoms. The maximum absolute atomic E-state index is 14.2. The predicted molar refractivity (Wildman–Crippen MR) is 88.2 cm³/mol. The Kier molecular flexibility index (Phi) is 5.26. The normalized spacial score (nSPS) is 18.7. The number of halogens is 1. The third kappa shape index (κ3) is 3.97. The van der Waals surface area contributed by atoms with E-state index in [2.05, 4.69) is 37.2 Å². The Bertz CT molecular complexity index is 460. The van der Waals surface area contributed by atoms with Crippen molar-refractivity contribution in [1.82, 2.24) is 5.32 Å². The SMILES string of the molecule is CCNCc1c(F)cccc1N(C)C1CCC(C)(C)CC1. The van der Waals surface area contributed by atoms with Gasteiger partial charge in [0.05, 0.1) is 0 Å². The smallest absolute Gasteiger partial charge is 0.129 e. The van der Waals surface area contributed by atoms with Crippen molar-refractivity contribution >= 4 is 5.69 Å². The highest BCUT2D eigenvalue weighted by Crippen LogP contribution is 2.38. The van der Waals surface area contributed by atoms with Gasteiger partial charge in [-0.1, -0.05) is 26.8 Å². The summed E-state index contributed by atoms with van der Waals surface area (Å²) < 4.78 is 14.2. The molecule has 0 heterocycles. The fraction of sp³-hybridized carbons (Fsp3) is 0.667. The second kappa shape index (κ2) is 6.78. The number of rotatable bonds is 5. The predicted octanol–water partition coefficient (Wildman–Crippen LogP) is 4.34. The van der Waals surface area contributed by atoms with Gasteiger partial charge in [0, 0.05) is 30.9 Å². The fourth-order valence-corrected chi connectivity index (χ4v) is 3.27. The minimum absolute atomic E-state index is 0.101. The molecule has 0 spiro atoms. The maximum atomic E-state index is 14.2. The lowest BCUT2D eigenvalue weighted by Gasteiger charge is -2.40. The second-order valence-corrected chi connectivity index (χ2v) is 7.02. The lowest BCUT2D eigenvalue weighted by Crippen LogP contribution is -2.38. The van der Waals surface area contributed by atoms with Crippen LogP contribution in [0.5, 0.6) is 0 Å². The molecule has 1 aromatic rings. The van der Waals surface area contributed by atoms with Gasteiger partial charge in [-0.3, -0.25) is 0 Å². The molecule has 118 valence electrons. The monoisotopic (exact) mass is 292 g/mol. The minimum Gasteiger partial charge on any atom is -0.371 e. The summed E-state index contributed by atoms with van der Waals surface area (Å²) in [6.45, 7) is 8.20. The molecule has 1 N–H and O–H groups in total. The van der Waals surface area contributed by atoms with E-state index >= 15 is 0 Å². The van der Waals surface area contributed by atoms with Crippen molar-refractivity contribution < 1.29 is 4.39 Å². The van der Waals surface area contributed by atoms with Gasteiger partial charge >= 0.3 is 0 Å². The van der Waals surface area contributed by atoms with Gasteiger partial charge in [-0.25, -0.2) is 4.39 Å². The molecule has 21 heavy (non-hydrogen) atoms. The average Bonchev–Trinajstić information content (AvgIpc) is 2.45. The van der Waals surface area contributed by atoms with Gasteiger partial charge in [-0.15, -0.1) is 0 Å². The summed E-state index contributed by atoms with van der Waals surface area (Å²) in [5, 5.41) is 3.25. The van der Waals surface area contributed by atoms with Crippen LogP contribution in [-0.2, 0) is 6.54 Å². The molecule has 2 nitrogen and oxygen atoms in total. The second-order valence-electron chi connectivity index (χ2n) is 7.02. The number of nitrogens with one attached hydrogen (secondary N) is 1. The highest BCUT2D eigenvalue weighted by atomic mass is 19.1. The van der Waals surface area contributed by atoms with Crippen LogP contribution >= 0.6 is 0 Å². The number of hydrogen-bond acceptors (Lipinski definition) is 2. The van der Waals surface area contributed by atoms with Crippen molar-refractivity contribution in [2.75, 3.05) is 18.5 Å². The van der Waals surface area contributed by atoms with E-state index in [4.69, 9.17) is 0 Å². The Balaban J connectivity index is 2.15. The summed E-state index contributed by atoms with van der Waals surface area (Å²) in [6.07, 6.45) is 4.89. The molecule has 0 radical (unpaired) electrons. The van der Waals surface area contributed by atoms with Crippen LogP contribution in [0.15, 0.2) is 18.2 Å². The number of nitrogens with zero attached hydrogens (tertiary/aromatic N) is 1. The van der Waals surface area contributed by atoms with E-state index in [1.165, 1.54) is 25.7 Å². The van der Waals surface area contributed by atoms with E-state index in [0.29, 0.717) is 18.0 Å². The number of benzene rings is 1. The van der Waals surface area contributed by atoms with Crippen molar-refractivity contribution in [3.05, 3.63) is 29.6 Å². The first-order chi connectivity index (χ1) is 9.94. The van der Waals surface area contributed by atoms with Crippen molar-refractivity contribution in [1.29, 1.82) is 0 Å². The third-order valence-corrected chi connectivity index (χ3v) is 4.88. The molecule has 1 aliphatic rings. The fourth-order valence-electron chi connectivity index (χ4n) is 3.27. The lowest BCUT2D eigenvalue weighted by molar-refractivity contribution is 0.222. The molecule has 0 aromatic heterocycles. The molecule has 3 heteroatoms. The zero-order valence-electron chi connectivity index (χ0n) is 13.9. The van der Waals surface area contributed by atoms with Crippen LogP contribution in [0.1, 0.15) is 52.0 Å². The van der Waals surface area contributed by atoms with Crippen LogP contribution in [0.2, 0.25) is 0 Å². The first kappa shape index (κ1) is 16.3. The van der Waals surface area contributed by atoms with E-state index in [1.54, 1.807) is 6.07 Å². The zero-order valence-corrected chi connectivity index (χ0v) is 13.9. The Hall–Kier alpha value is -1.09. The number of anilines is 1. The van der Waals surface area contributed by atoms with Gasteiger partial charge in [0.15, 0.2) is 0 Å². The highest BCUT2D eigenvalue weighted by Gasteiger charge is 2.29. The summed E-state index contributed by atoms with van der Waals surface area (Å²) in [7, 11) is 2.12. The average molecular weight is 292 g/mol. The van der Waals surface area contributed by atoms with Crippen LogP contribution in [0.4, 0.5) is 10.1 Å². The topological polar surface area (TPSA) is 15.3 Å². The molecule has 0 unspecified atom stereocenters. The van der Waals surface area contributed by atoms with Crippen molar-refractivity contribution in [3.8, 4) is 0 Å². The Morgan fingerprint density at radius 3 is 2.57 bits per heavy atom. The molecular formula is C18H29FN2. The number of hydrogen-bond donors (Lipinski definition) is 1. The maximum Gasteiger partial charge on any atom is 0.129 e. The first-order valence-corrected chi connectivity index (χ1v) is 8.15. The molecule has 1 saturated carbocycles. The van der Waals surface area contributed by atoms with E-state index in [9.17, 15) is 4.39 Å².